The monoisotopic (exact) mass is 416 g/mol. The third-order valence-corrected chi connectivity index (χ3v) is 5.47. The second-order valence-electron chi connectivity index (χ2n) is 7.63. The molecule has 1 aromatic heterocycles. The number of H-pyrrole nitrogens is 1. The van der Waals surface area contributed by atoms with Crippen LogP contribution in [0, 0.1) is 20.8 Å². The minimum atomic E-state index is -0.761. The molecule has 1 heterocycles. The highest BCUT2D eigenvalue weighted by Crippen LogP contribution is 2.31. The molecule has 31 heavy (non-hydrogen) atoms. The Kier molecular flexibility index (Phi) is 5.62. The van der Waals surface area contributed by atoms with Gasteiger partial charge in [-0.05, 0) is 71.8 Å². The normalized spacial score (nSPS) is 10.9. The van der Waals surface area contributed by atoms with E-state index in [2.05, 4.69) is 62.2 Å². The van der Waals surface area contributed by atoms with Gasteiger partial charge in [0.1, 0.15) is 12.4 Å². The van der Waals surface area contributed by atoms with E-state index in [0.29, 0.717) is 6.61 Å². The predicted octanol–water partition coefficient (Wildman–Crippen LogP) is 4.35. The van der Waals surface area contributed by atoms with Gasteiger partial charge in [0.15, 0.2) is 0 Å². The first-order valence-corrected chi connectivity index (χ1v) is 10.1. The molecule has 0 atom stereocenters. The van der Waals surface area contributed by atoms with Crippen molar-refractivity contribution in [3.05, 3.63) is 110 Å². The molecule has 0 aliphatic heterocycles. The molecule has 0 aliphatic rings. The van der Waals surface area contributed by atoms with Crippen molar-refractivity contribution in [2.75, 3.05) is 0 Å². The molecule has 158 valence electrons. The van der Waals surface area contributed by atoms with Crippen LogP contribution in [0.4, 0.5) is 0 Å². The van der Waals surface area contributed by atoms with E-state index in [9.17, 15) is 9.59 Å². The molecule has 6 nitrogen and oxygen atoms in total. The topological polar surface area (TPSA) is 77.2 Å². The molecule has 0 radical (unpaired) electrons. The largest absolute Gasteiger partial charge is 0.489 e. The van der Waals surface area contributed by atoms with E-state index in [4.69, 9.17) is 9.26 Å². The van der Waals surface area contributed by atoms with E-state index in [-0.39, 0.29) is 6.54 Å². The Bertz CT molecular complexity index is 1310. The lowest BCUT2D eigenvalue weighted by Crippen LogP contribution is -2.17. The number of hydrogen-bond acceptors (Lipinski definition) is 4. The van der Waals surface area contributed by atoms with E-state index in [1.807, 2.05) is 24.3 Å². The lowest BCUT2D eigenvalue weighted by Gasteiger charge is -2.16. The summed E-state index contributed by atoms with van der Waals surface area (Å²) in [5, 5.41) is 0. The molecule has 0 bridgehead atoms. The van der Waals surface area contributed by atoms with Gasteiger partial charge in [-0.15, -0.1) is 4.74 Å². The van der Waals surface area contributed by atoms with Crippen LogP contribution >= 0.6 is 0 Å². The Balaban J connectivity index is 1.49. The van der Waals surface area contributed by atoms with Crippen molar-refractivity contribution in [1.29, 1.82) is 0 Å². The number of nitrogens with zero attached hydrogens (tertiary/aromatic N) is 1. The van der Waals surface area contributed by atoms with E-state index in [0.717, 1.165) is 21.6 Å². The van der Waals surface area contributed by atoms with Crippen LogP contribution < -0.4 is 16.2 Å². The molecule has 0 aliphatic carbocycles. The Morgan fingerprint density at radius 3 is 2.23 bits per heavy atom. The van der Waals surface area contributed by atoms with Crippen molar-refractivity contribution < 1.29 is 9.26 Å². The number of benzene rings is 3. The molecular weight excluding hydrogens is 392 g/mol. The second-order valence-corrected chi connectivity index (χ2v) is 7.63. The number of hydrogen-bond donors (Lipinski definition) is 1. The van der Waals surface area contributed by atoms with E-state index < -0.39 is 11.4 Å². The summed E-state index contributed by atoms with van der Waals surface area (Å²) in [4.78, 5) is 24.7. The molecular formula is C25H24N2O4. The van der Waals surface area contributed by atoms with Crippen molar-refractivity contribution in [3.63, 3.8) is 0 Å². The molecule has 1 N–H and O–H groups in total. The van der Waals surface area contributed by atoms with Gasteiger partial charge in [0.05, 0.1) is 6.54 Å². The summed E-state index contributed by atoms with van der Waals surface area (Å²) in [6.07, 6.45) is 0. The maximum absolute atomic E-state index is 11.6. The fourth-order valence-corrected chi connectivity index (χ4v) is 3.79. The van der Waals surface area contributed by atoms with E-state index in [1.54, 1.807) is 0 Å². The molecule has 4 aromatic rings. The van der Waals surface area contributed by atoms with Crippen LogP contribution in [0.15, 0.2) is 74.8 Å². The number of rotatable bonds is 6. The number of aromatic nitrogens is 2. The molecule has 0 fully saturated rings. The van der Waals surface area contributed by atoms with Crippen molar-refractivity contribution in [1.82, 2.24) is 9.72 Å². The van der Waals surface area contributed by atoms with E-state index in [1.165, 1.54) is 27.8 Å². The summed E-state index contributed by atoms with van der Waals surface area (Å²) in [6, 6.07) is 20.0. The average molecular weight is 416 g/mol. The van der Waals surface area contributed by atoms with Gasteiger partial charge in [-0.3, -0.25) is 0 Å². The first-order valence-electron chi connectivity index (χ1n) is 10.1. The van der Waals surface area contributed by atoms with Gasteiger partial charge in [0, 0.05) is 0 Å². The highest BCUT2D eigenvalue weighted by molar-refractivity contribution is 5.74. The molecule has 0 unspecified atom stereocenters. The SMILES string of the molecule is Cc1cccc(C)c1-c1cccc(COc2ccc(Cn3oc(=O)[nH]c3=O)cc2)c1C. The predicted molar refractivity (Wildman–Crippen MR) is 120 cm³/mol. The Hall–Kier alpha value is -3.80. The van der Waals surface area contributed by atoms with Gasteiger partial charge in [0.2, 0.25) is 0 Å². The summed E-state index contributed by atoms with van der Waals surface area (Å²) in [5.74, 6) is -0.0352. The van der Waals surface area contributed by atoms with E-state index >= 15 is 0 Å². The Morgan fingerprint density at radius 2 is 1.58 bits per heavy atom. The molecule has 0 saturated carbocycles. The number of aryl methyl sites for hydroxylation is 2. The van der Waals surface area contributed by atoms with Crippen LogP contribution in [0.2, 0.25) is 0 Å². The zero-order valence-corrected chi connectivity index (χ0v) is 17.8. The average Bonchev–Trinajstić information content (AvgIpc) is 3.06. The summed E-state index contributed by atoms with van der Waals surface area (Å²) in [6.45, 7) is 7.04. The third kappa shape index (κ3) is 4.38. The van der Waals surface area contributed by atoms with Crippen LogP contribution in [0.1, 0.15) is 27.8 Å². The van der Waals surface area contributed by atoms with Crippen LogP contribution in [0.25, 0.3) is 11.1 Å². The highest BCUT2D eigenvalue weighted by atomic mass is 16.5. The highest BCUT2D eigenvalue weighted by Gasteiger charge is 2.11. The van der Waals surface area contributed by atoms with Gasteiger partial charge in [-0.1, -0.05) is 48.5 Å². The van der Waals surface area contributed by atoms with Crippen molar-refractivity contribution in [2.45, 2.75) is 33.9 Å². The maximum atomic E-state index is 11.6. The van der Waals surface area contributed by atoms with Crippen LogP contribution in [0.5, 0.6) is 5.75 Å². The first-order chi connectivity index (χ1) is 14.9. The quantitative estimate of drug-likeness (QED) is 0.507. The fourth-order valence-electron chi connectivity index (χ4n) is 3.79. The van der Waals surface area contributed by atoms with Crippen molar-refractivity contribution in [3.8, 4) is 16.9 Å². The molecule has 0 spiro atoms. The second kappa shape index (κ2) is 8.52. The molecule has 4 rings (SSSR count). The van der Waals surface area contributed by atoms with Gasteiger partial charge in [-0.2, -0.15) is 0 Å². The molecule has 3 aromatic carbocycles. The first kappa shape index (κ1) is 20.5. The van der Waals surface area contributed by atoms with Gasteiger partial charge >= 0.3 is 11.4 Å². The molecule has 6 heteroatoms. The lowest BCUT2D eigenvalue weighted by atomic mass is 9.91. The third-order valence-electron chi connectivity index (χ3n) is 5.47. The number of aromatic amines is 1. The maximum Gasteiger partial charge on any atom is 0.440 e. The summed E-state index contributed by atoms with van der Waals surface area (Å²) < 4.78 is 11.8. The lowest BCUT2D eigenvalue weighted by molar-refractivity contribution is 0.258. The number of ether oxygens (including phenoxy) is 1. The van der Waals surface area contributed by atoms with Crippen LogP contribution in [-0.2, 0) is 13.2 Å². The Labute approximate surface area is 179 Å². The fraction of sp³-hybridized carbons (Fsp3) is 0.200. The van der Waals surface area contributed by atoms with Gasteiger partial charge in [0.25, 0.3) is 0 Å². The van der Waals surface area contributed by atoms with Crippen molar-refractivity contribution >= 4 is 0 Å². The molecule has 0 amide bonds. The summed E-state index contributed by atoms with van der Waals surface area (Å²) >= 11 is 0. The Morgan fingerprint density at radius 1 is 0.903 bits per heavy atom. The smallest absolute Gasteiger partial charge is 0.440 e. The van der Waals surface area contributed by atoms with Crippen molar-refractivity contribution in [2.24, 2.45) is 0 Å². The zero-order chi connectivity index (χ0) is 22.0. The zero-order valence-electron chi connectivity index (χ0n) is 17.8. The summed E-state index contributed by atoms with van der Waals surface area (Å²) in [7, 11) is 0. The van der Waals surface area contributed by atoms with Gasteiger partial charge < -0.3 is 9.26 Å². The minimum absolute atomic E-state index is 0.175. The van der Waals surface area contributed by atoms with Crippen LogP contribution in [0.3, 0.4) is 0 Å². The molecule has 0 saturated heterocycles. The summed E-state index contributed by atoms with van der Waals surface area (Å²) in [5.41, 5.74) is 7.62. The standard InChI is InChI=1S/C25H24N2O4/c1-16-6-4-7-17(2)23(16)22-9-5-8-20(18(22)3)15-30-21-12-10-19(11-13-21)14-27-24(28)26-25(29)31-27/h4-13H,14-15H2,1-3H3,(H,26,28,29). The van der Waals surface area contributed by atoms with Gasteiger partial charge in [-0.25, -0.2) is 14.6 Å². The number of nitrogens with one attached hydrogen (secondary N) is 1. The minimum Gasteiger partial charge on any atom is -0.489 e. The van der Waals surface area contributed by atoms with Crippen LogP contribution in [-0.4, -0.2) is 9.72 Å².